The fraction of sp³-hybridized carbons (Fsp3) is 0.824. The highest BCUT2D eigenvalue weighted by atomic mass is 79.9. The Morgan fingerprint density at radius 2 is 2.00 bits per heavy atom. The monoisotopic (exact) mass is 355 g/mol. The molecule has 0 aromatic carbocycles. The first-order valence-corrected chi connectivity index (χ1v) is 9.45. The molecule has 0 bridgehead atoms. The average molecular weight is 356 g/mol. The second-order valence-electron chi connectivity index (χ2n) is 6.24. The maximum atomic E-state index is 4.74. The Bertz CT molecular complexity index is 441. The summed E-state index contributed by atoms with van der Waals surface area (Å²) in [5.74, 6) is 1.66. The van der Waals surface area contributed by atoms with Crippen LogP contribution in [0.2, 0.25) is 0 Å². The third-order valence-electron chi connectivity index (χ3n) is 4.80. The molecule has 0 radical (unpaired) electrons. The van der Waals surface area contributed by atoms with Gasteiger partial charge in [-0.25, -0.2) is 0 Å². The van der Waals surface area contributed by atoms with Crippen molar-refractivity contribution >= 4 is 15.9 Å². The molecule has 1 aliphatic carbocycles. The second kappa shape index (κ2) is 8.33. The molecule has 2 rings (SSSR count). The van der Waals surface area contributed by atoms with Gasteiger partial charge in [-0.05, 0) is 79.9 Å². The first kappa shape index (κ1) is 17.0. The second-order valence-corrected chi connectivity index (χ2v) is 7.03. The lowest BCUT2D eigenvalue weighted by Crippen LogP contribution is -2.27. The highest BCUT2D eigenvalue weighted by Crippen LogP contribution is 2.36. The van der Waals surface area contributed by atoms with Gasteiger partial charge in [0.15, 0.2) is 0 Å². The van der Waals surface area contributed by atoms with Gasteiger partial charge in [-0.3, -0.25) is 4.68 Å². The number of aryl methyl sites for hydroxylation is 2. The summed E-state index contributed by atoms with van der Waals surface area (Å²) in [6.07, 6.45) is 7.57. The molecule has 0 saturated heterocycles. The normalized spacial score (nSPS) is 22.1. The van der Waals surface area contributed by atoms with Crippen LogP contribution < -0.4 is 5.32 Å². The van der Waals surface area contributed by atoms with Gasteiger partial charge in [0.2, 0.25) is 0 Å². The van der Waals surface area contributed by atoms with Gasteiger partial charge in [0, 0.05) is 6.54 Å². The standard InChI is InChI=1S/C17H30BrN3/c1-4-10-19-12-14-9-7-8-13(14)11-16-17(18)15(5-2)20-21(16)6-3/h13-14,19H,4-12H2,1-3H3. The van der Waals surface area contributed by atoms with E-state index < -0.39 is 0 Å². The van der Waals surface area contributed by atoms with Crippen LogP contribution in [0.4, 0.5) is 0 Å². The minimum atomic E-state index is 0.817. The van der Waals surface area contributed by atoms with E-state index in [1.54, 1.807) is 0 Å². The smallest absolute Gasteiger partial charge is 0.0766 e. The maximum absolute atomic E-state index is 4.74. The molecular formula is C17H30BrN3. The van der Waals surface area contributed by atoms with Gasteiger partial charge >= 0.3 is 0 Å². The third kappa shape index (κ3) is 4.10. The fourth-order valence-electron chi connectivity index (χ4n) is 3.58. The summed E-state index contributed by atoms with van der Waals surface area (Å²) < 4.78 is 3.47. The van der Waals surface area contributed by atoms with E-state index >= 15 is 0 Å². The highest BCUT2D eigenvalue weighted by Gasteiger charge is 2.29. The van der Waals surface area contributed by atoms with Gasteiger partial charge in [0.1, 0.15) is 0 Å². The third-order valence-corrected chi connectivity index (χ3v) is 5.71. The molecule has 0 spiro atoms. The molecule has 4 heteroatoms. The lowest BCUT2D eigenvalue weighted by atomic mass is 9.91. The van der Waals surface area contributed by atoms with Crippen LogP contribution in [0.5, 0.6) is 0 Å². The number of aromatic nitrogens is 2. The van der Waals surface area contributed by atoms with Crippen LogP contribution >= 0.6 is 15.9 Å². The van der Waals surface area contributed by atoms with E-state index in [-0.39, 0.29) is 0 Å². The lowest BCUT2D eigenvalue weighted by Gasteiger charge is -2.20. The molecule has 1 aliphatic rings. The maximum Gasteiger partial charge on any atom is 0.0766 e. The Kier molecular flexibility index (Phi) is 6.74. The Labute approximate surface area is 138 Å². The van der Waals surface area contributed by atoms with Gasteiger partial charge in [0.05, 0.1) is 15.9 Å². The average Bonchev–Trinajstić information content (AvgIpc) is 3.05. The van der Waals surface area contributed by atoms with Crippen LogP contribution in [0.3, 0.4) is 0 Å². The van der Waals surface area contributed by atoms with Crippen LogP contribution in [-0.4, -0.2) is 22.9 Å². The van der Waals surface area contributed by atoms with Crippen molar-refractivity contribution in [3.8, 4) is 0 Å². The van der Waals surface area contributed by atoms with E-state index in [1.165, 1.54) is 54.5 Å². The molecule has 0 amide bonds. The Morgan fingerprint density at radius 3 is 2.67 bits per heavy atom. The molecule has 1 heterocycles. The van der Waals surface area contributed by atoms with Crippen molar-refractivity contribution in [3.05, 3.63) is 15.9 Å². The molecule has 0 aliphatic heterocycles. The molecule has 1 aromatic rings. The van der Waals surface area contributed by atoms with Gasteiger partial charge < -0.3 is 5.32 Å². The number of halogens is 1. The molecule has 2 unspecified atom stereocenters. The van der Waals surface area contributed by atoms with Crippen molar-refractivity contribution in [3.63, 3.8) is 0 Å². The molecule has 2 atom stereocenters. The molecule has 120 valence electrons. The van der Waals surface area contributed by atoms with Crippen molar-refractivity contribution in [2.24, 2.45) is 11.8 Å². The van der Waals surface area contributed by atoms with E-state index in [1.807, 2.05) is 0 Å². The van der Waals surface area contributed by atoms with E-state index in [2.05, 4.69) is 46.7 Å². The molecule has 21 heavy (non-hydrogen) atoms. The Hall–Kier alpha value is -0.350. The number of nitrogens with one attached hydrogen (secondary N) is 1. The van der Waals surface area contributed by atoms with E-state index in [9.17, 15) is 0 Å². The summed E-state index contributed by atoms with van der Waals surface area (Å²) in [6.45, 7) is 9.93. The summed E-state index contributed by atoms with van der Waals surface area (Å²) >= 11 is 3.80. The summed E-state index contributed by atoms with van der Waals surface area (Å²) in [6, 6.07) is 0. The van der Waals surface area contributed by atoms with E-state index in [0.29, 0.717) is 0 Å². The predicted molar refractivity (Wildman–Crippen MR) is 92.7 cm³/mol. The van der Waals surface area contributed by atoms with Crippen LogP contribution in [0.25, 0.3) is 0 Å². The first-order chi connectivity index (χ1) is 10.2. The molecule has 1 saturated carbocycles. The molecule has 3 nitrogen and oxygen atoms in total. The zero-order valence-electron chi connectivity index (χ0n) is 13.8. The largest absolute Gasteiger partial charge is 0.316 e. The van der Waals surface area contributed by atoms with Crippen molar-refractivity contribution in [2.75, 3.05) is 13.1 Å². The minimum Gasteiger partial charge on any atom is -0.316 e. The first-order valence-electron chi connectivity index (χ1n) is 8.65. The zero-order chi connectivity index (χ0) is 15.2. The summed E-state index contributed by atoms with van der Waals surface area (Å²) in [5, 5.41) is 8.36. The van der Waals surface area contributed by atoms with Crippen molar-refractivity contribution in [2.45, 2.75) is 65.8 Å². The number of nitrogens with zero attached hydrogens (tertiary/aromatic N) is 2. The van der Waals surface area contributed by atoms with E-state index in [0.717, 1.165) is 31.3 Å². The van der Waals surface area contributed by atoms with Crippen molar-refractivity contribution in [1.82, 2.24) is 15.1 Å². The van der Waals surface area contributed by atoms with Crippen molar-refractivity contribution in [1.29, 1.82) is 0 Å². The number of hydrogen-bond donors (Lipinski definition) is 1. The van der Waals surface area contributed by atoms with Gasteiger partial charge in [-0.2, -0.15) is 5.10 Å². The highest BCUT2D eigenvalue weighted by molar-refractivity contribution is 9.10. The quantitative estimate of drug-likeness (QED) is 0.708. The topological polar surface area (TPSA) is 29.9 Å². The molecule has 1 fully saturated rings. The van der Waals surface area contributed by atoms with Gasteiger partial charge in [-0.15, -0.1) is 0 Å². The van der Waals surface area contributed by atoms with Crippen LogP contribution in [0.1, 0.15) is 57.8 Å². The fourth-order valence-corrected chi connectivity index (χ4v) is 4.30. The SMILES string of the molecule is CCCNCC1CCCC1Cc1c(Br)c(CC)nn1CC. The number of hydrogen-bond acceptors (Lipinski definition) is 2. The van der Waals surface area contributed by atoms with Gasteiger partial charge in [0.25, 0.3) is 0 Å². The predicted octanol–water partition coefficient (Wildman–Crippen LogP) is 4.19. The molecular weight excluding hydrogens is 326 g/mol. The summed E-state index contributed by atoms with van der Waals surface area (Å²) in [7, 11) is 0. The van der Waals surface area contributed by atoms with E-state index in [4.69, 9.17) is 5.10 Å². The molecule has 1 aromatic heterocycles. The minimum absolute atomic E-state index is 0.817. The number of rotatable bonds is 8. The lowest BCUT2D eigenvalue weighted by molar-refractivity contribution is 0.357. The zero-order valence-corrected chi connectivity index (χ0v) is 15.4. The van der Waals surface area contributed by atoms with Crippen LogP contribution in [-0.2, 0) is 19.4 Å². The van der Waals surface area contributed by atoms with Crippen LogP contribution in [0, 0.1) is 11.8 Å². The van der Waals surface area contributed by atoms with Crippen molar-refractivity contribution < 1.29 is 0 Å². The van der Waals surface area contributed by atoms with Crippen LogP contribution in [0.15, 0.2) is 4.47 Å². The Morgan fingerprint density at radius 1 is 1.24 bits per heavy atom. The van der Waals surface area contributed by atoms with Gasteiger partial charge in [-0.1, -0.05) is 20.3 Å². The Balaban J connectivity index is 2.04. The summed E-state index contributed by atoms with van der Waals surface area (Å²) in [4.78, 5) is 0. The molecule has 1 N–H and O–H groups in total. The summed E-state index contributed by atoms with van der Waals surface area (Å²) in [5.41, 5.74) is 2.63.